The van der Waals surface area contributed by atoms with E-state index in [-0.39, 0.29) is 17.9 Å². The van der Waals surface area contributed by atoms with Crippen LogP contribution in [0.4, 0.5) is 0 Å². The number of ketones is 1. The van der Waals surface area contributed by atoms with Crippen molar-refractivity contribution < 1.29 is 9.53 Å². The van der Waals surface area contributed by atoms with Crippen LogP contribution in [-0.2, 0) is 0 Å². The first kappa shape index (κ1) is 13.1. The van der Waals surface area contributed by atoms with Gasteiger partial charge in [0, 0.05) is 18.5 Å². The molecule has 1 aromatic heterocycles. The number of nitrogens with zero attached hydrogens (tertiary/aromatic N) is 2. The van der Waals surface area contributed by atoms with Crippen LogP contribution in [0.3, 0.4) is 0 Å². The zero-order valence-electron chi connectivity index (χ0n) is 11.2. The highest BCUT2D eigenvalue weighted by atomic mass is 16.5. The molecule has 1 atom stereocenters. The minimum Gasteiger partial charge on any atom is -0.493 e. The molecule has 18 heavy (non-hydrogen) atoms. The highest BCUT2D eigenvalue weighted by molar-refractivity contribution is 5.97. The third-order valence-electron chi connectivity index (χ3n) is 3.38. The zero-order valence-corrected chi connectivity index (χ0v) is 11.2. The van der Waals surface area contributed by atoms with Gasteiger partial charge in [-0.25, -0.2) is 0 Å². The molecule has 1 aliphatic carbocycles. The second-order valence-electron chi connectivity index (χ2n) is 5.23. The van der Waals surface area contributed by atoms with Crippen molar-refractivity contribution >= 4 is 5.78 Å². The first-order valence-electron chi connectivity index (χ1n) is 6.44. The van der Waals surface area contributed by atoms with Crippen LogP contribution < -0.4 is 10.5 Å². The van der Waals surface area contributed by atoms with E-state index in [0.29, 0.717) is 23.8 Å². The molecule has 1 aromatic rings. The Morgan fingerprint density at radius 1 is 1.61 bits per heavy atom. The molecule has 0 saturated heterocycles. The van der Waals surface area contributed by atoms with Crippen LogP contribution in [0.5, 0.6) is 5.75 Å². The molecule has 1 saturated carbocycles. The van der Waals surface area contributed by atoms with Gasteiger partial charge in [0.2, 0.25) is 0 Å². The predicted molar refractivity (Wildman–Crippen MR) is 68.8 cm³/mol. The maximum absolute atomic E-state index is 12.3. The van der Waals surface area contributed by atoms with Crippen LogP contribution in [0, 0.1) is 5.92 Å². The summed E-state index contributed by atoms with van der Waals surface area (Å²) in [7, 11) is 1.55. The molecule has 2 N–H and O–H groups in total. The molecule has 1 aliphatic rings. The quantitative estimate of drug-likeness (QED) is 0.782. The number of methoxy groups -OCH3 is 1. The Bertz CT molecular complexity index is 435. The van der Waals surface area contributed by atoms with Gasteiger partial charge in [-0.2, -0.15) is 5.10 Å². The summed E-state index contributed by atoms with van der Waals surface area (Å²) in [6.07, 6.45) is 4.26. The molecule has 0 radical (unpaired) electrons. The SMILES string of the molecule is COc1cnn(C(C)C)c1C(=O)CC(N)C1CC1. The average molecular weight is 251 g/mol. The van der Waals surface area contributed by atoms with Gasteiger partial charge in [0.05, 0.1) is 13.3 Å². The summed E-state index contributed by atoms with van der Waals surface area (Å²) in [4.78, 5) is 12.3. The van der Waals surface area contributed by atoms with Crippen molar-refractivity contribution in [3.63, 3.8) is 0 Å². The molecule has 1 unspecified atom stereocenters. The smallest absolute Gasteiger partial charge is 0.186 e. The lowest BCUT2D eigenvalue weighted by Gasteiger charge is -2.13. The van der Waals surface area contributed by atoms with Gasteiger partial charge < -0.3 is 10.5 Å². The van der Waals surface area contributed by atoms with Crippen LogP contribution >= 0.6 is 0 Å². The van der Waals surface area contributed by atoms with Gasteiger partial charge in [0.1, 0.15) is 5.69 Å². The number of carbonyl (C=O) groups is 1. The first-order valence-corrected chi connectivity index (χ1v) is 6.44. The molecule has 0 amide bonds. The number of hydrogen-bond acceptors (Lipinski definition) is 4. The van der Waals surface area contributed by atoms with E-state index in [1.165, 1.54) is 0 Å². The lowest BCUT2D eigenvalue weighted by molar-refractivity contribution is 0.0956. The lowest BCUT2D eigenvalue weighted by atomic mass is 10.0. The molecule has 2 rings (SSSR count). The monoisotopic (exact) mass is 251 g/mol. The summed E-state index contributed by atoms with van der Waals surface area (Å²) in [5.41, 5.74) is 6.56. The van der Waals surface area contributed by atoms with Crippen molar-refractivity contribution in [3.8, 4) is 5.75 Å². The van der Waals surface area contributed by atoms with E-state index in [4.69, 9.17) is 10.5 Å². The van der Waals surface area contributed by atoms with Crippen LogP contribution in [-0.4, -0.2) is 28.7 Å². The molecular weight excluding hydrogens is 230 g/mol. The van der Waals surface area contributed by atoms with Gasteiger partial charge in [0.15, 0.2) is 11.5 Å². The standard InChI is InChI=1S/C13H21N3O2/c1-8(2)16-13(12(18-3)7-15-16)11(17)6-10(14)9-4-5-9/h7-10H,4-6,14H2,1-3H3. The van der Waals surface area contributed by atoms with E-state index in [1.807, 2.05) is 13.8 Å². The van der Waals surface area contributed by atoms with Crippen LogP contribution in [0.25, 0.3) is 0 Å². The second-order valence-corrected chi connectivity index (χ2v) is 5.23. The first-order chi connectivity index (χ1) is 8.54. The maximum atomic E-state index is 12.3. The van der Waals surface area contributed by atoms with E-state index >= 15 is 0 Å². The highest BCUT2D eigenvalue weighted by Gasteiger charge is 2.31. The van der Waals surface area contributed by atoms with Crippen molar-refractivity contribution in [2.45, 2.75) is 45.2 Å². The number of Topliss-reactive ketones (excluding diaryl/α,β-unsaturated/α-hetero) is 1. The second kappa shape index (κ2) is 5.10. The van der Waals surface area contributed by atoms with Gasteiger partial charge in [-0.3, -0.25) is 9.48 Å². The van der Waals surface area contributed by atoms with Crippen molar-refractivity contribution in [3.05, 3.63) is 11.9 Å². The third kappa shape index (κ3) is 2.56. The molecule has 1 fully saturated rings. The summed E-state index contributed by atoms with van der Waals surface area (Å²) in [6, 6.07) is 0.0997. The Labute approximate surface area is 107 Å². The van der Waals surface area contributed by atoms with E-state index < -0.39 is 0 Å². The fourth-order valence-electron chi connectivity index (χ4n) is 2.15. The van der Waals surface area contributed by atoms with Gasteiger partial charge in [-0.05, 0) is 32.6 Å². The Morgan fingerprint density at radius 3 is 2.78 bits per heavy atom. The van der Waals surface area contributed by atoms with Gasteiger partial charge in [0.25, 0.3) is 0 Å². The van der Waals surface area contributed by atoms with Crippen LogP contribution in [0.2, 0.25) is 0 Å². The lowest BCUT2D eigenvalue weighted by Crippen LogP contribution is -2.27. The Balaban J connectivity index is 2.18. The average Bonchev–Trinajstić information content (AvgIpc) is 3.07. The van der Waals surface area contributed by atoms with E-state index in [0.717, 1.165) is 12.8 Å². The molecule has 5 nitrogen and oxygen atoms in total. The van der Waals surface area contributed by atoms with Crippen molar-refractivity contribution in [1.29, 1.82) is 0 Å². The van der Waals surface area contributed by atoms with Crippen molar-refractivity contribution in [2.24, 2.45) is 11.7 Å². The van der Waals surface area contributed by atoms with Gasteiger partial charge in [-0.1, -0.05) is 0 Å². The van der Waals surface area contributed by atoms with E-state index in [9.17, 15) is 4.79 Å². The minimum atomic E-state index is -0.0299. The largest absolute Gasteiger partial charge is 0.493 e. The number of ether oxygens (including phenoxy) is 1. The Kier molecular flexibility index (Phi) is 3.71. The molecule has 5 heteroatoms. The topological polar surface area (TPSA) is 70.1 Å². The van der Waals surface area contributed by atoms with Crippen molar-refractivity contribution in [2.75, 3.05) is 7.11 Å². The Morgan fingerprint density at radius 2 is 2.28 bits per heavy atom. The molecule has 0 bridgehead atoms. The van der Waals surface area contributed by atoms with Crippen molar-refractivity contribution in [1.82, 2.24) is 9.78 Å². The summed E-state index contributed by atoms with van der Waals surface area (Å²) >= 11 is 0. The third-order valence-corrected chi connectivity index (χ3v) is 3.38. The minimum absolute atomic E-state index is 0.0254. The molecule has 0 aromatic carbocycles. The number of aromatic nitrogens is 2. The van der Waals surface area contributed by atoms with Crippen LogP contribution in [0.1, 0.15) is 49.6 Å². The fourth-order valence-corrected chi connectivity index (χ4v) is 2.15. The van der Waals surface area contributed by atoms with Crippen LogP contribution in [0.15, 0.2) is 6.20 Å². The van der Waals surface area contributed by atoms with E-state index in [2.05, 4.69) is 5.10 Å². The van der Waals surface area contributed by atoms with Gasteiger partial charge >= 0.3 is 0 Å². The summed E-state index contributed by atoms with van der Waals surface area (Å²) in [5.74, 6) is 1.09. The molecule has 0 spiro atoms. The summed E-state index contributed by atoms with van der Waals surface area (Å²) in [5, 5.41) is 4.21. The molecular formula is C13H21N3O2. The highest BCUT2D eigenvalue weighted by Crippen LogP contribution is 2.34. The number of rotatable bonds is 6. The number of carbonyl (C=O) groups excluding carboxylic acids is 1. The fraction of sp³-hybridized carbons (Fsp3) is 0.692. The zero-order chi connectivity index (χ0) is 13.3. The Hall–Kier alpha value is -1.36. The maximum Gasteiger partial charge on any atom is 0.186 e. The summed E-state index contributed by atoms with van der Waals surface area (Å²) < 4.78 is 6.92. The number of nitrogens with two attached hydrogens (primary N) is 1. The summed E-state index contributed by atoms with van der Waals surface area (Å²) in [6.45, 7) is 3.98. The predicted octanol–water partition coefficient (Wildman–Crippen LogP) is 1.78. The molecule has 1 heterocycles. The molecule has 100 valence electrons. The normalized spacial score (nSPS) is 16.9. The molecule has 0 aliphatic heterocycles. The van der Waals surface area contributed by atoms with Gasteiger partial charge in [-0.15, -0.1) is 0 Å². The number of hydrogen-bond donors (Lipinski definition) is 1. The van der Waals surface area contributed by atoms with E-state index in [1.54, 1.807) is 18.0 Å².